The number of hydrogen-bond acceptors (Lipinski definition) is 4. The lowest BCUT2D eigenvalue weighted by atomic mass is 9.89. The van der Waals surface area contributed by atoms with Crippen molar-refractivity contribution in [3.8, 4) is 11.5 Å². The minimum atomic E-state index is 0.522. The average molecular weight is 279 g/mol. The molecule has 1 fully saturated rings. The Kier molecular flexibility index (Phi) is 3.10. The van der Waals surface area contributed by atoms with Gasteiger partial charge in [0.15, 0.2) is 0 Å². The molecule has 1 aromatic carbocycles. The number of H-pyrrole nitrogens is 1. The van der Waals surface area contributed by atoms with Crippen molar-refractivity contribution in [3.63, 3.8) is 0 Å². The summed E-state index contributed by atoms with van der Waals surface area (Å²) in [5.74, 6) is 2.17. The third-order valence-electron chi connectivity index (χ3n) is 4.17. The Morgan fingerprint density at radius 3 is 2.62 bits per heavy atom. The van der Waals surface area contributed by atoms with E-state index in [-0.39, 0.29) is 0 Å². The van der Waals surface area contributed by atoms with E-state index in [1.807, 2.05) is 24.3 Å². The van der Waals surface area contributed by atoms with Crippen LogP contribution in [0.5, 0.6) is 0 Å². The summed E-state index contributed by atoms with van der Waals surface area (Å²) < 4.78 is 0. The highest BCUT2D eigenvalue weighted by Gasteiger charge is 2.19. The predicted molar refractivity (Wildman–Crippen MR) is 80.7 cm³/mol. The van der Waals surface area contributed by atoms with Crippen LogP contribution in [0.15, 0.2) is 30.5 Å². The quantitative estimate of drug-likeness (QED) is 0.780. The van der Waals surface area contributed by atoms with Crippen LogP contribution >= 0.6 is 0 Å². The zero-order chi connectivity index (χ0) is 14.1. The Labute approximate surface area is 122 Å². The van der Waals surface area contributed by atoms with Gasteiger partial charge in [-0.3, -0.25) is 10.1 Å². The number of rotatable bonds is 2. The molecule has 1 aliphatic rings. The fourth-order valence-electron chi connectivity index (χ4n) is 3.01. The zero-order valence-corrected chi connectivity index (χ0v) is 11.8. The molecule has 106 valence electrons. The van der Waals surface area contributed by atoms with Gasteiger partial charge in [0.25, 0.3) is 0 Å². The summed E-state index contributed by atoms with van der Waals surface area (Å²) in [4.78, 5) is 13.7. The molecule has 21 heavy (non-hydrogen) atoms. The summed E-state index contributed by atoms with van der Waals surface area (Å²) in [6, 6.07) is 7.84. The van der Waals surface area contributed by atoms with Gasteiger partial charge < -0.3 is 0 Å². The lowest BCUT2D eigenvalue weighted by Gasteiger charge is -2.18. The van der Waals surface area contributed by atoms with Crippen LogP contribution in [0.1, 0.15) is 43.8 Å². The second-order valence-electron chi connectivity index (χ2n) is 5.62. The van der Waals surface area contributed by atoms with Crippen molar-refractivity contribution in [2.24, 2.45) is 0 Å². The smallest absolute Gasteiger partial charge is 0.201 e. The Morgan fingerprint density at radius 1 is 0.952 bits per heavy atom. The van der Waals surface area contributed by atoms with E-state index in [1.54, 1.807) is 6.20 Å². The standard InChI is InChI=1S/C16H17N5/c1-2-6-11(7-3-1)15-19-16(21-20-15)14-10-17-12-8-4-5-9-13(12)18-14/h4-5,8-11H,1-3,6-7H2,(H,19,20,21). The van der Waals surface area contributed by atoms with Gasteiger partial charge in [0.2, 0.25) is 5.82 Å². The van der Waals surface area contributed by atoms with Gasteiger partial charge in [-0.1, -0.05) is 31.4 Å². The molecule has 1 aliphatic carbocycles. The van der Waals surface area contributed by atoms with Crippen molar-refractivity contribution >= 4 is 11.0 Å². The van der Waals surface area contributed by atoms with Gasteiger partial charge in [0, 0.05) is 5.92 Å². The fourth-order valence-corrected chi connectivity index (χ4v) is 3.01. The second kappa shape index (κ2) is 5.24. The number of hydrogen-bond donors (Lipinski definition) is 1. The van der Waals surface area contributed by atoms with Crippen molar-refractivity contribution in [2.45, 2.75) is 38.0 Å². The average Bonchev–Trinajstić information content (AvgIpc) is 3.05. The van der Waals surface area contributed by atoms with E-state index >= 15 is 0 Å². The zero-order valence-electron chi connectivity index (χ0n) is 11.8. The summed E-state index contributed by atoms with van der Waals surface area (Å²) in [6.45, 7) is 0. The molecule has 0 unspecified atom stereocenters. The normalized spacial score (nSPS) is 16.4. The molecule has 2 heterocycles. The van der Waals surface area contributed by atoms with Gasteiger partial charge in [-0.2, -0.15) is 5.10 Å². The Hall–Kier alpha value is -2.30. The van der Waals surface area contributed by atoms with Crippen LogP contribution in [0.4, 0.5) is 0 Å². The van der Waals surface area contributed by atoms with Crippen LogP contribution in [-0.4, -0.2) is 25.1 Å². The van der Waals surface area contributed by atoms with Gasteiger partial charge in [-0.05, 0) is 25.0 Å². The molecule has 0 amide bonds. The minimum Gasteiger partial charge on any atom is -0.262 e. The summed E-state index contributed by atoms with van der Waals surface area (Å²) >= 11 is 0. The number of benzene rings is 1. The largest absolute Gasteiger partial charge is 0.262 e. The molecule has 3 aromatic rings. The number of fused-ring (bicyclic) bond motifs is 1. The molecule has 0 spiro atoms. The first-order valence-corrected chi connectivity index (χ1v) is 7.54. The molecule has 4 rings (SSSR count). The van der Waals surface area contributed by atoms with E-state index in [9.17, 15) is 0 Å². The monoisotopic (exact) mass is 279 g/mol. The Bertz CT molecular complexity index is 758. The van der Waals surface area contributed by atoms with Gasteiger partial charge in [-0.15, -0.1) is 0 Å². The minimum absolute atomic E-state index is 0.522. The lowest BCUT2D eigenvalue weighted by molar-refractivity contribution is 0.429. The van der Waals surface area contributed by atoms with E-state index in [2.05, 4.69) is 25.1 Å². The number of nitrogens with one attached hydrogen (secondary N) is 1. The molecule has 1 saturated carbocycles. The van der Waals surface area contributed by atoms with Crippen molar-refractivity contribution in [3.05, 3.63) is 36.3 Å². The number of aromatic amines is 1. The van der Waals surface area contributed by atoms with Crippen molar-refractivity contribution in [2.75, 3.05) is 0 Å². The van der Waals surface area contributed by atoms with Crippen LogP contribution in [0, 0.1) is 0 Å². The molecule has 5 nitrogen and oxygen atoms in total. The van der Waals surface area contributed by atoms with Crippen LogP contribution in [0.25, 0.3) is 22.6 Å². The molecular formula is C16H17N5. The van der Waals surface area contributed by atoms with E-state index in [0.29, 0.717) is 11.7 Å². The van der Waals surface area contributed by atoms with Crippen LogP contribution in [0.3, 0.4) is 0 Å². The van der Waals surface area contributed by atoms with Crippen LogP contribution in [0.2, 0.25) is 0 Å². The first-order valence-electron chi connectivity index (χ1n) is 7.54. The molecule has 0 saturated heterocycles. The summed E-state index contributed by atoms with van der Waals surface area (Å²) in [6.07, 6.45) is 8.08. The van der Waals surface area contributed by atoms with Gasteiger partial charge in [0.1, 0.15) is 11.5 Å². The highest BCUT2D eigenvalue weighted by atomic mass is 15.2. The molecule has 0 radical (unpaired) electrons. The fraction of sp³-hybridized carbons (Fsp3) is 0.375. The topological polar surface area (TPSA) is 67.3 Å². The van der Waals surface area contributed by atoms with Crippen molar-refractivity contribution in [1.29, 1.82) is 0 Å². The third-order valence-corrected chi connectivity index (χ3v) is 4.17. The summed E-state index contributed by atoms with van der Waals surface area (Å²) in [5, 5.41) is 7.42. The summed E-state index contributed by atoms with van der Waals surface area (Å²) in [5.41, 5.74) is 2.50. The highest BCUT2D eigenvalue weighted by molar-refractivity contribution is 5.75. The van der Waals surface area contributed by atoms with Gasteiger partial charge in [0.05, 0.1) is 17.2 Å². The lowest BCUT2D eigenvalue weighted by Crippen LogP contribution is -2.06. The first-order chi connectivity index (χ1) is 10.4. The Morgan fingerprint density at radius 2 is 1.76 bits per heavy atom. The molecule has 5 heteroatoms. The highest BCUT2D eigenvalue weighted by Crippen LogP contribution is 2.31. The van der Waals surface area contributed by atoms with E-state index < -0.39 is 0 Å². The predicted octanol–water partition coefficient (Wildman–Crippen LogP) is 3.46. The summed E-state index contributed by atoms with van der Waals surface area (Å²) in [7, 11) is 0. The number of aromatic nitrogens is 5. The second-order valence-corrected chi connectivity index (χ2v) is 5.62. The van der Waals surface area contributed by atoms with Crippen molar-refractivity contribution < 1.29 is 0 Å². The maximum Gasteiger partial charge on any atom is 0.201 e. The van der Waals surface area contributed by atoms with Crippen LogP contribution < -0.4 is 0 Å². The SMILES string of the molecule is c1ccc2nc(-c3n[nH]c(C4CCCCC4)n3)cnc2c1. The maximum atomic E-state index is 4.64. The van der Waals surface area contributed by atoms with E-state index in [0.717, 1.165) is 22.6 Å². The maximum absolute atomic E-state index is 4.64. The van der Waals surface area contributed by atoms with Crippen molar-refractivity contribution in [1.82, 2.24) is 25.1 Å². The molecule has 0 aliphatic heterocycles. The van der Waals surface area contributed by atoms with Gasteiger partial charge >= 0.3 is 0 Å². The third kappa shape index (κ3) is 2.39. The molecular weight excluding hydrogens is 262 g/mol. The molecule has 2 aromatic heterocycles. The van der Waals surface area contributed by atoms with Gasteiger partial charge in [-0.25, -0.2) is 9.97 Å². The molecule has 0 atom stereocenters. The van der Waals surface area contributed by atoms with E-state index in [4.69, 9.17) is 0 Å². The Balaban J connectivity index is 1.67. The number of para-hydroxylation sites is 2. The number of nitrogens with zero attached hydrogens (tertiary/aromatic N) is 4. The van der Waals surface area contributed by atoms with Crippen LogP contribution in [-0.2, 0) is 0 Å². The van der Waals surface area contributed by atoms with E-state index in [1.165, 1.54) is 32.1 Å². The molecule has 1 N–H and O–H groups in total. The molecule has 0 bridgehead atoms. The first kappa shape index (κ1) is 12.4.